The van der Waals surface area contributed by atoms with Gasteiger partial charge in [-0.1, -0.05) is 0 Å². The van der Waals surface area contributed by atoms with Crippen molar-refractivity contribution in [3.05, 3.63) is 41.2 Å². The van der Waals surface area contributed by atoms with Gasteiger partial charge in [0.25, 0.3) is 11.8 Å². The molecule has 1 aromatic carbocycles. The molecule has 0 atom stereocenters. The molecule has 3 aromatic rings. The molecule has 8 heteroatoms. The van der Waals surface area contributed by atoms with Crippen LogP contribution in [0, 0.1) is 6.92 Å². The third kappa shape index (κ3) is 2.00. The number of benzene rings is 1. The van der Waals surface area contributed by atoms with Gasteiger partial charge in [0.2, 0.25) is 0 Å². The predicted molar refractivity (Wildman–Crippen MR) is 89.3 cm³/mol. The van der Waals surface area contributed by atoms with E-state index in [1.54, 1.807) is 25.1 Å². The Bertz CT molecular complexity index is 1040. The van der Waals surface area contributed by atoms with Crippen molar-refractivity contribution in [2.45, 2.75) is 6.92 Å². The zero-order valence-electron chi connectivity index (χ0n) is 13.8. The Morgan fingerprint density at radius 3 is 2.64 bits per heavy atom. The van der Waals surface area contributed by atoms with E-state index in [2.05, 4.69) is 15.2 Å². The number of aromatic amines is 1. The van der Waals surface area contributed by atoms with Crippen LogP contribution in [0.25, 0.3) is 11.0 Å². The number of nitrogens with zero attached hydrogens (tertiary/aromatic N) is 3. The third-order valence-corrected chi connectivity index (χ3v) is 4.24. The van der Waals surface area contributed by atoms with Crippen LogP contribution in [-0.4, -0.2) is 41.2 Å². The number of rotatable bonds is 3. The molecule has 2 aromatic heterocycles. The van der Waals surface area contributed by atoms with E-state index >= 15 is 0 Å². The number of carbonyl (C=O) groups is 2. The molecule has 0 unspecified atom stereocenters. The number of aromatic nitrogens is 3. The summed E-state index contributed by atoms with van der Waals surface area (Å²) in [7, 11) is 3.00. The van der Waals surface area contributed by atoms with Crippen LogP contribution in [-0.2, 0) is 0 Å². The molecule has 8 nitrogen and oxygen atoms in total. The Morgan fingerprint density at radius 1 is 1.12 bits per heavy atom. The van der Waals surface area contributed by atoms with Crippen LogP contribution in [0.3, 0.4) is 0 Å². The molecule has 0 saturated heterocycles. The van der Waals surface area contributed by atoms with Gasteiger partial charge in [-0.15, -0.1) is 0 Å². The first-order valence-corrected chi connectivity index (χ1v) is 7.51. The van der Waals surface area contributed by atoms with Crippen LogP contribution in [0.15, 0.2) is 24.4 Å². The Morgan fingerprint density at radius 2 is 1.92 bits per heavy atom. The van der Waals surface area contributed by atoms with Gasteiger partial charge >= 0.3 is 0 Å². The molecular weight excluding hydrogens is 324 g/mol. The molecule has 4 rings (SSSR count). The van der Waals surface area contributed by atoms with Crippen molar-refractivity contribution in [1.82, 2.24) is 15.2 Å². The first kappa shape index (κ1) is 15.1. The van der Waals surface area contributed by atoms with Gasteiger partial charge in [-0.2, -0.15) is 5.10 Å². The highest BCUT2D eigenvalue weighted by molar-refractivity contribution is 6.37. The number of carbonyl (C=O) groups excluding carboxylic acids is 2. The number of imide groups is 1. The number of hydrogen-bond donors (Lipinski definition) is 1. The second-order valence-electron chi connectivity index (χ2n) is 5.58. The van der Waals surface area contributed by atoms with Crippen molar-refractivity contribution in [3.63, 3.8) is 0 Å². The molecule has 0 radical (unpaired) electrons. The molecule has 25 heavy (non-hydrogen) atoms. The van der Waals surface area contributed by atoms with Crippen LogP contribution in [0.1, 0.15) is 26.4 Å². The van der Waals surface area contributed by atoms with Crippen LogP contribution in [0.2, 0.25) is 0 Å². The van der Waals surface area contributed by atoms with Crippen molar-refractivity contribution in [2.24, 2.45) is 0 Å². The number of hydrogen-bond acceptors (Lipinski definition) is 6. The molecule has 126 valence electrons. The number of pyridine rings is 1. The third-order valence-electron chi connectivity index (χ3n) is 4.24. The van der Waals surface area contributed by atoms with E-state index in [-0.39, 0.29) is 5.56 Å². The molecular formula is C17H14N4O4. The number of nitrogens with one attached hydrogen (secondary N) is 1. The van der Waals surface area contributed by atoms with Crippen LogP contribution in [0.4, 0.5) is 5.69 Å². The highest BCUT2D eigenvalue weighted by Crippen LogP contribution is 2.38. The predicted octanol–water partition coefficient (Wildman–Crippen LogP) is 2.08. The lowest BCUT2D eigenvalue weighted by molar-refractivity contribution is 0.0925. The summed E-state index contributed by atoms with van der Waals surface area (Å²) in [5.41, 5.74) is 1.99. The Hall–Kier alpha value is -3.42. The summed E-state index contributed by atoms with van der Waals surface area (Å²) < 4.78 is 10.5. The van der Waals surface area contributed by atoms with Crippen LogP contribution in [0.5, 0.6) is 11.5 Å². The maximum Gasteiger partial charge on any atom is 0.267 e. The van der Waals surface area contributed by atoms with Crippen molar-refractivity contribution >= 4 is 28.5 Å². The number of amides is 2. The number of aryl methyl sites for hydroxylation is 1. The summed E-state index contributed by atoms with van der Waals surface area (Å²) in [5.74, 6) is 0.0488. The fraction of sp³-hybridized carbons (Fsp3) is 0.176. The number of ether oxygens (including phenoxy) is 2. The molecule has 1 aliphatic rings. The van der Waals surface area contributed by atoms with E-state index in [4.69, 9.17) is 9.47 Å². The summed E-state index contributed by atoms with van der Waals surface area (Å²) in [4.78, 5) is 31.2. The highest BCUT2D eigenvalue weighted by atomic mass is 16.5. The zero-order valence-corrected chi connectivity index (χ0v) is 13.8. The molecule has 0 spiro atoms. The average molecular weight is 338 g/mol. The van der Waals surface area contributed by atoms with Gasteiger partial charge in [0.1, 0.15) is 11.5 Å². The first-order chi connectivity index (χ1) is 12.1. The monoisotopic (exact) mass is 338 g/mol. The van der Waals surface area contributed by atoms with Crippen molar-refractivity contribution in [2.75, 3.05) is 19.1 Å². The summed E-state index contributed by atoms with van der Waals surface area (Å²) in [5, 5.41) is 7.41. The Labute approximate surface area is 142 Å². The van der Waals surface area contributed by atoms with Gasteiger partial charge in [0, 0.05) is 18.0 Å². The molecule has 1 aliphatic heterocycles. The quantitative estimate of drug-likeness (QED) is 0.734. The van der Waals surface area contributed by atoms with E-state index in [0.717, 1.165) is 4.90 Å². The summed E-state index contributed by atoms with van der Waals surface area (Å²) in [6, 6.07) is 4.90. The van der Waals surface area contributed by atoms with Gasteiger partial charge in [0.05, 0.1) is 36.4 Å². The van der Waals surface area contributed by atoms with E-state index in [1.165, 1.54) is 20.4 Å². The smallest absolute Gasteiger partial charge is 0.267 e. The number of methoxy groups -OCH3 is 2. The maximum absolute atomic E-state index is 13.0. The van der Waals surface area contributed by atoms with Gasteiger partial charge < -0.3 is 9.47 Å². The molecule has 0 fully saturated rings. The summed E-state index contributed by atoms with van der Waals surface area (Å²) in [6.45, 7) is 1.78. The average Bonchev–Trinajstić information content (AvgIpc) is 3.12. The van der Waals surface area contributed by atoms with E-state index in [9.17, 15) is 9.59 Å². The van der Waals surface area contributed by atoms with Crippen molar-refractivity contribution < 1.29 is 19.1 Å². The second-order valence-corrected chi connectivity index (χ2v) is 5.58. The lowest BCUT2D eigenvalue weighted by Gasteiger charge is -2.18. The minimum absolute atomic E-state index is 0.250. The minimum Gasteiger partial charge on any atom is -0.497 e. The zero-order chi connectivity index (χ0) is 17.7. The van der Waals surface area contributed by atoms with Gasteiger partial charge in [-0.05, 0) is 19.1 Å². The molecule has 0 saturated carbocycles. The summed E-state index contributed by atoms with van der Waals surface area (Å²) >= 11 is 0. The molecule has 2 amide bonds. The maximum atomic E-state index is 13.0. The van der Waals surface area contributed by atoms with Gasteiger partial charge in [-0.25, -0.2) is 9.88 Å². The van der Waals surface area contributed by atoms with E-state index < -0.39 is 11.8 Å². The highest BCUT2D eigenvalue weighted by Gasteiger charge is 2.40. The van der Waals surface area contributed by atoms with Crippen LogP contribution >= 0.6 is 0 Å². The summed E-state index contributed by atoms with van der Waals surface area (Å²) in [6.07, 6.45) is 1.38. The Kier molecular flexibility index (Phi) is 3.21. The number of H-pyrrole nitrogens is 1. The molecule has 0 bridgehead atoms. The van der Waals surface area contributed by atoms with Crippen molar-refractivity contribution in [3.8, 4) is 11.5 Å². The lowest BCUT2D eigenvalue weighted by Crippen LogP contribution is -2.29. The fourth-order valence-corrected chi connectivity index (χ4v) is 3.03. The van der Waals surface area contributed by atoms with Gasteiger partial charge in [0.15, 0.2) is 5.65 Å². The van der Waals surface area contributed by atoms with Gasteiger partial charge in [-0.3, -0.25) is 14.7 Å². The lowest BCUT2D eigenvalue weighted by atomic mass is 10.1. The van der Waals surface area contributed by atoms with Crippen molar-refractivity contribution in [1.29, 1.82) is 0 Å². The Balaban J connectivity index is 1.91. The van der Waals surface area contributed by atoms with Crippen LogP contribution < -0.4 is 14.4 Å². The largest absolute Gasteiger partial charge is 0.497 e. The molecule has 0 aliphatic carbocycles. The minimum atomic E-state index is -0.446. The molecule has 3 heterocycles. The number of fused-ring (bicyclic) bond motifs is 3. The SMILES string of the molecule is COc1ccc(N2C(=O)c3cnc4n[nH]c(C)c4c3C2=O)c(OC)c1. The van der Waals surface area contributed by atoms with E-state index in [0.29, 0.717) is 39.5 Å². The molecule has 1 N–H and O–H groups in total. The standard InChI is InChI=1S/C17H14N4O4/c1-8-13-14-10(7-18-15(13)20-19-8)16(22)21(17(14)23)11-5-4-9(24-2)6-12(11)25-3/h4-7H,1-3H3,(H,18,19,20). The normalized spacial score (nSPS) is 13.5. The topological polar surface area (TPSA) is 97.4 Å². The van der Waals surface area contributed by atoms with E-state index in [1.807, 2.05) is 0 Å². The first-order valence-electron chi connectivity index (χ1n) is 7.51. The second kappa shape index (κ2) is 5.30. The number of anilines is 1. The fourth-order valence-electron chi connectivity index (χ4n) is 3.03.